The van der Waals surface area contributed by atoms with Crippen LogP contribution in [0.25, 0.3) is 6.08 Å². The van der Waals surface area contributed by atoms with Gasteiger partial charge in [-0.3, -0.25) is 10.1 Å². The first-order valence-corrected chi connectivity index (χ1v) is 6.10. The Hall–Kier alpha value is -1.84. The molecule has 0 radical (unpaired) electrons. The molecule has 0 bridgehead atoms. The molecule has 0 saturated heterocycles. The quantitative estimate of drug-likeness (QED) is 0.570. The second-order valence-corrected chi connectivity index (χ2v) is 4.50. The van der Waals surface area contributed by atoms with Crippen molar-refractivity contribution >= 4 is 6.08 Å². The average Bonchev–Trinajstić information content (AvgIpc) is 2.28. The van der Waals surface area contributed by atoms with Gasteiger partial charge in [0.2, 0.25) is 5.70 Å². The highest BCUT2D eigenvalue weighted by molar-refractivity contribution is 5.53. The Morgan fingerprint density at radius 3 is 2.78 bits per heavy atom. The molecule has 0 aromatic heterocycles. The van der Waals surface area contributed by atoms with Crippen molar-refractivity contribution in [2.75, 3.05) is 6.61 Å². The monoisotopic (exact) mass is 249 g/mol. The SMILES string of the molecule is CCOc1cccc(C=C(CC(C)C)[N+](=O)[O-])c1. The van der Waals surface area contributed by atoms with Gasteiger partial charge in [-0.1, -0.05) is 26.0 Å². The lowest BCUT2D eigenvalue weighted by Crippen LogP contribution is -2.02. The molecule has 0 aliphatic carbocycles. The van der Waals surface area contributed by atoms with Crippen LogP contribution in [-0.2, 0) is 0 Å². The smallest absolute Gasteiger partial charge is 0.247 e. The van der Waals surface area contributed by atoms with Gasteiger partial charge < -0.3 is 4.74 Å². The van der Waals surface area contributed by atoms with Crippen LogP contribution < -0.4 is 4.74 Å². The number of nitro groups is 1. The van der Waals surface area contributed by atoms with Gasteiger partial charge in [0, 0.05) is 12.5 Å². The van der Waals surface area contributed by atoms with Crippen molar-refractivity contribution in [3.8, 4) is 5.75 Å². The van der Waals surface area contributed by atoms with Crippen LogP contribution in [0.4, 0.5) is 0 Å². The van der Waals surface area contributed by atoms with E-state index in [9.17, 15) is 10.1 Å². The van der Waals surface area contributed by atoms with Crippen molar-refractivity contribution in [2.24, 2.45) is 5.92 Å². The molecule has 0 aliphatic heterocycles. The Kier molecular flexibility index (Phi) is 5.36. The lowest BCUT2D eigenvalue weighted by Gasteiger charge is -2.05. The normalized spacial score (nSPS) is 11.7. The maximum atomic E-state index is 11.0. The van der Waals surface area contributed by atoms with Gasteiger partial charge in [0.05, 0.1) is 11.5 Å². The number of hydrogen-bond donors (Lipinski definition) is 0. The summed E-state index contributed by atoms with van der Waals surface area (Å²) in [6.07, 6.45) is 2.08. The fourth-order valence-electron chi connectivity index (χ4n) is 1.66. The van der Waals surface area contributed by atoms with E-state index in [1.54, 1.807) is 6.08 Å². The van der Waals surface area contributed by atoms with E-state index in [0.29, 0.717) is 13.0 Å². The van der Waals surface area contributed by atoms with Crippen LogP contribution in [0.5, 0.6) is 5.75 Å². The standard InChI is InChI=1S/C14H19NO3/c1-4-18-14-7-5-6-12(10-14)9-13(15(16)17)8-11(2)3/h5-7,9-11H,4,8H2,1-3H3. The molecular weight excluding hydrogens is 230 g/mol. The first kappa shape index (κ1) is 14.2. The van der Waals surface area contributed by atoms with Crippen molar-refractivity contribution in [1.82, 2.24) is 0 Å². The van der Waals surface area contributed by atoms with E-state index in [1.165, 1.54) is 0 Å². The van der Waals surface area contributed by atoms with E-state index >= 15 is 0 Å². The maximum Gasteiger partial charge on any atom is 0.247 e. The molecule has 0 fully saturated rings. The van der Waals surface area contributed by atoms with Crippen molar-refractivity contribution in [3.63, 3.8) is 0 Å². The van der Waals surface area contributed by atoms with Crippen LogP contribution in [0.1, 0.15) is 32.8 Å². The fraction of sp³-hybridized carbons (Fsp3) is 0.429. The summed E-state index contributed by atoms with van der Waals surface area (Å²) in [6.45, 7) is 6.42. The highest BCUT2D eigenvalue weighted by Crippen LogP contribution is 2.19. The molecule has 0 N–H and O–H groups in total. The zero-order chi connectivity index (χ0) is 13.5. The van der Waals surface area contributed by atoms with E-state index in [4.69, 9.17) is 4.74 Å². The molecule has 4 nitrogen and oxygen atoms in total. The zero-order valence-corrected chi connectivity index (χ0v) is 11.1. The molecule has 1 aromatic carbocycles. The van der Waals surface area contributed by atoms with Gasteiger partial charge in [0.1, 0.15) is 5.75 Å². The first-order chi connectivity index (χ1) is 8.52. The molecule has 18 heavy (non-hydrogen) atoms. The lowest BCUT2D eigenvalue weighted by atomic mass is 10.1. The van der Waals surface area contributed by atoms with E-state index in [2.05, 4.69) is 0 Å². The summed E-state index contributed by atoms with van der Waals surface area (Å²) in [7, 11) is 0. The van der Waals surface area contributed by atoms with Crippen LogP contribution in [0, 0.1) is 16.0 Å². The predicted octanol–water partition coefficient (Wildman–Crippen LogP) is 3.75. The minimum absolute atomic E-state index is 0.235. The molecule has 0 atom stereocenters. The summed E-state index contributed by atoms with van der Waals surface area (Å²) >= 11 is 0. The number of benzene rings is 1. The van der Waals surface area contributed by atoms with Gasteiger partial charge in [-0.05, 0) is 30.5 Å². The molecule has 0 saturated carbocycles. The Morgan fingerprint density at radius 2 is 2.22 bits per heavy atom. The summed E-state index contributed by atoms with van der Waals surface area (Å²) in [5.74, 6) is 0.996. The molecule has 0 aliphatic rings. The third-order valence-corrected chi connectivity index (χ3v) is 2.35. The number of rotatable bonds is 6. The first-order valence-electron chi connectivity index (χ1n) is 6.10. The summed E-state index contributed by atoms with van der Waals surface area (Å²) in [5, 5.41) is 11.0. The maximum absolute atomic E-state index is 11.0. The molecule has 0 heterocycles. The molecule has 0 amide bonds. The topological polar surface area (TPSA) is 52.4 Å². The van der Waals surface area contributed by atoms with E-state index in [1.807, 2.05) is 45.0 Å². The van der Waals surface area contributed by atoms with Crippen LogP contribution >= 0.6 is 0 Å². The average molecular weight is 249 g/mol. The van der Waals surface area contributed by atoms with Crippen LogP contribution in [0.3, 0.4) is 0 Å². The second kappa shape index (κ2) is 6.79. The van der Waals surface area contributed by atoms with Crippen molar-refractivity contribution in [2.45, 2.75) is 27.2 Å². The Bertz CT molecular complexity index is 438. The summed E-state index contributed by atoms with van der Waals surface area (Å²) in [5.41, 5.74) is 1.03. The van der Waals surface area contributed by atoms with Gasteiger partial charge in [-0.15, -0.1) is 0 Å². The van der Waals surface area contributed by atoms with Crippen LogP contribution in [0.15, 0.2) is 30.0 Å². The third-order valence-electron chi connectivity index (χ3n) is 2.35. The lowest BCUT2D eigenvalue weighted by molar-refractivity contribution is -0.427. The molecule has 4 heteroatoms. The van der Waals surface area contributed by atoms with Crippen LogP contribution in [-0.4, -0.2) is 11.5 Å². The van der Waals surface area contributed by atoms with Crippen molar-refractivity contribution in [1.29, 1.82) is 0 Å². The number of hydrogen-bond acceptors (Lipinski definition) is 3. The highest BCUT2D eigenvalue weighted by Gasteiger charge is 2.12. The largest absolute Gasteiger partial charge is 0.494 e. The molecular formula is C14H19NO3. The van der Waals surface area contributed by atoms with E-state index in [0.717, 1.165) is 11.3 Å². The van der Waals surface area contributed by atoms with Crippen molar-refractivity contribution < 1.29 is 9.66 Å². The minimum atomic E-state index is -0.312. The summed E-state index contributed by atoms with van der Waals surface area (Å²) in [4.78, 5) is 10.6. The van der Waals surface area contributed by atoms with Gasteiger partial charge >= 0.3 is 0 Å². The fourth-order valence-corrected chi connectivity index (χ4v) is 1.66. The molecule has 1 rings (SSSR count). The number of nitrogens with zero attached hydrogens (tertiary/aromatic N) is 1. The zero-order valence-electron chi connectivity index (χ0n) is 11.1. The van der Waals surface area contributed by atoms with Gasteiger partial charge in [-0.25, -0.2) is 0 Å². The highest BCUT2D eigenvalue weighted by atomic mass is 16.6. The van der Waals surface area contributed by atoms with Gasteiger partial charge in [-0.2, -0.15) is 0 Å². The van der Waals surface area contributed by atoms with E-state index < -0.39 is 0 Å². The summed E-state index contributed by atoms with van der Waals surface area (Å²) in [6, 6.07) is 7.33. The Balaban J connectivity index is 2.96. The predicted molar refractivity (Wildman–Crippen MR) is 72.0 cm³/mol. The van der Waals surface area contributed by atoms with Crippen LogP contribution in [0.2, 0.25) is 0 Å². The minimum Gasteiger partial charge on any atom is -0.494 e. The number of ether oxygens (including phenoxy) is 1. The molecule has 98 valence electrons. The van der Waals surface area contributed by atoms with Gasteiger partial charge in [0.25, 0.3) is 0 Å². The summed E-state index contributed by atoms with van der Waals surface area (Å²) < 4.78 is 5.37. The van der Waals surface area contributed by atoms with E-state index in [-0.39, 0.29) is 16.5 Å². The second-order valence-electron chi connectivity index (χ2n) is 4.50. The van der Waals surface area contributed by atoms with Gasteiger partial charge in [0.15, 0.2) is 0 Å². The Morgan fingerprint density at radius 1 is 1.50 bits per heavy atom. The molecule has 0 spiro atoms. The molecule has 0 unspecified atom stereocenters. The Labute approximate surface area is 107 Å². The molecule has 1 aromatic rings. The number of allylic oxidation sites excluding steroid dienone is 1. The van der Waals surface area contributed by atoms with Crippen molar-refractivity contribution in [3.05, 3.63) is 45.6 Å². The third kappa shape index (κ3) is 4.57.